The smallest absolute Gasteiger partial charge is 0.280 e. The second-order valence-corrected chi connectivity index (χ2v) is 19.7. The minimum atomic E-state index is -6.08. The van der Waals surface area contributed by atoms with Crippen molar-refractivity contribution in [3.8, 4) is 0 Å². The van der Waals surface area contributed by atoms with Gasteiger partial charge in [-0.15, -0.1) is 0 Å². The predicted octanol–water partition coefficient (Wildman–Crippen LogP) is -7.09. The summed E-state index contributed by atoms with van der Waals surface area (Å²) in [5, 5.41) is 30.5. The Balaban J connectivity index is 0.000000201. The molecule has 36 nitrogen and oxygen atoms in total. The monoisotopic (exact) mass is 994 g/mol. The van der Waals surface area contributed by atoms with E-state index in [0.717, 1.165) is 6.33 Å². The molecule has 342 valence electrons. The number of rotatable bonds is 11. The van der Waals surface area contributed by atoms with E-state index in [4.69, 9.17) is 35.6 Å². The Labute approximate surface area is 335 Å². The Morgan fingerprint density at radius 1 is 0.672 bits per heavy atom. The highest BCUT2D eigenvalue weighted by Crippen LogP contribution is 2.61. The van der Waals surface area contributed by atoms with Crippen molar-refractivity contribution >= 4 is 80.9 Å². The van der Waals surface area contributed by atoms with Gasteiger partial charge in [0.15, 0.2) is 41.7 Å². The van der Waals surface area contributed by atoms with Gasteiger partial charge in [-0.2, -0.15) is 0 Å². The summed E-state index contributed by atoms with van der Waals surface area (Å²) < 4.78 is 99.5. The summed E-state index contributed by atoms with van der Waals surface area (Å²) in [6.07, 6.45) is -5.90. The predicted molar refractivity (Wildman–Crippen MR) is 173 cm³/mol. The van der Waals surface area contributed by atoms with Crippen molar-refractivity contribution in [2.75, 3.05) is 18.1 Å². The number of imidazole rings is 2. The zero-order chi connectivity index (χ0) is 45.7. The molecule has 42 heteroatoms. The van der Waals surface area contributed by atoms with Crippen LogP contribution >= 0.6 is 46.9 Å². The highest BCUT2D eigenvalue weighted by atomic mass is 31.3. The Morgan fingerprint density at radius 2 is 1.15 bits per heavy atom. The molecular weight excluding hydrogens is 970 g/mol. The van der Waals surface area contributed by atoms with Crippen molar-refractivity contribution < 1.29 is 123 Å². The van der Waals surface area contributed by atoms with Gasteiger partial charge < -0.3 is 89.3 Å². The fraction of sp³-hybridized carbons (Fsp3) is 0.474. The first-order valence-corrected chi connectivity index (χ1v) is 24.1. The first-order valence-electron chi connectivity index (χ1n) is 15.3. The van der Waals surface area contributed by atoms with E-state index in [2.05, 4.69) is 56.4 Å². The molecule has 0 radical (unpaired) electrons. The second-order valence-electron chi connectivity index (χ2n) is 11.6. The Bertz CT molecular complexity index is 2510. The highest BCUT2D eigenvalue weighted by Gasteiger charge is 2.54. The number of hydrogen-bond donors (Lipinski definition) is 8. The maximum Gasteiger partial charge on any atom is 0.280 e. The van der Waals surface area contributed by atoms with Crippen molar-refractivity contribution in [1.82, 2.24) is 39.0 Å². The van der Waals surface area contributed by atoms with Crippen LogP contribution in [0.15, 0.2) is 25.3 Å². The topological polar surface area (TPSA) is 575 Å². The lowest BCUT2D eigenvalue weighted by molar-refractivity contribution is -0.251. The number of aliphatic hydroxyl groups is 3. The summed E-state index contributed by atoms with van der Waals surface area (Å²) in [6, 6.07) is 0. The quantitative estimate of drug-likeness (QED) is 0.0647. The summed E-state index contributed by atoms with van der Waals surface area (Å²) in [5.41, 5.74) is 12.3. The maximum absolute atomic E-state index is 11.6. The van der Waals surface area contributed by atoms with Crippen molar-refractivity contribution in [1.29, 1.82) is 0 Å². The van der Waals surface area contributed by atoms with E-state index in [9.17, 15) is 72.1 Å². The summed E-state index contributed by atoms with van der Waals surface area (Å²) in [4.78, 5) is 110. The second kappa shape index (κ2) is 18.0. The van der Waals surface area contributed by atoms with Crippen LogP contribution in [0.2, 0.25) is 0 Å². The van der Waals surface area contributed by atoms with E-state index < -0.39 is 103 Å². The first-order chi connectivity index (χ1) is 27.9. The van der Waals surface area contributed by atoms with E-state index >= 15 is 0 Å². The summed E-state index contributed by atoms with van der Waals surface area (Å²) >= 11 is 0. The molecule has 61 heavy (non-hydrogen) atoms. The lowest BCUT2D eigenvalue weighted by atomic mass is 10.1. The van der Waals surface area contributed by atoms with Crippen LogP contribution in [0.4, 0.5) is 11.6 Å². The van der Waals surface area contributed by atoms with E-state index in [1.165, 1.54) is 28.1 Å². The van der Waals surface area contributed by atoms with Gasteiger partial charge in [0.1, 0.15) is 54.2 Å². The summed E-state index contributed by atoms with van der Waals surface area (Å²) in [7, 11) is -32.9. The molecule has 3 aliphatic rings. The third-order valence-corrected chi connectivity index (χ3v) is 13.6. The minimum Gasteiger partial charge on any atom is -0.756 e. The number of fused-ring (bicyclic) bond motifs is 3. The molecule has 4 aromatic rings. The molecule has 0 aromatic carbocycles. The van der Waals surface area contributed by atoms with E-state index in [0.29, 0.717) is 11.2 Å². The van der Waals surface area contributed by atoms with Gasteiger partial charge >= 0.3 is 0 Å². The number of aliphatic hydroxyl groups excluding tert-OH is 3. The van der Waals surface area contributed by atoms with E-state index in [1.54, 1.807) is 0 Å². The number of nitrogens with zero attached hydrogens (tertiary/aromatic N) is 8. The molecule has 3 aliphatic heterocycles. The largest absolute Gasteiger partial charge is 0.756 e. The fourth-order valence-electron chi connectivity index (χ4n) is 5.14. The van der Waals surface area contributed by atoms with Crippen LogP contribution in [0.3, 0.4) is 0 Å². The molecule has 14 atom stereocenters. The van der Waals surface area contributed by atoms with E-state index in [-0.39, 0.29) is 22.8 Å². The fourth-order valence-corrected chi connectivity index (χ4v) is 10.1. The Morgan fingerprint density at radius 3 is 1.59 bits per heavy atom. The third-order valence-electron chi connectivity index (χ3n) is 7.32. The van der Waals surface area contributed by atoms with Crippen molar-refractivity contribution in [3.05, 3.63) is 25.3 Å². The third kappa shape index (κ3) is 12.7. The lowest BCUT2D eigenvalue weighted by Crippen LogP contribution is -2.34. The van der Waals surface area contributed by atoms with Crippen molar-refractivity contribution in [2.45, 2.75) is 49.3 Å². The molecule has 3 saturated heterocycles. The zero-order valence-corrected chi connectivity index (χ0v) is 34.3. The van der Waals surface area contributed by atoms with Gasteiger partial charge in [-0.3, -0.25) is 41.0 Å². The van der Waals surface area contributed by atoms with Crippen molar-refractivity contribution in [3.63, 3.8) is 0 Å². The lowest BCUT2D eigenvalue weighted by Gasteiger charge is -2.33. The summed E-state index contributed by atoms with van der Waals surface area (Å²) in [6.45, 7) is -1.06. The molecule has 7 heterocycles. The normalized spacial score (nSPS) is 32.3. The van der Waals surface area contributed by atoms with Gasteiger partial charge in [0.25, 0.3) is 46.9 Å². The van der Waals surface area contributed by atoms with Gasteiger partial charge in [-0.05, 0) is 0 Å². The van der Waals surface area contributed by atoms with Gasteiger partial charge in [0.05, 0.1) is 19.3 Å². The molecule has 8 unspecified atom stereocenters. The van der Waals surface area contributed by atoms with Crippen LogP contribution < -0.4 is 40.8 Å². The number of nitrogen functional groups attached to an aromatic ring is 2. The van der Waals surface area contributed by atoms with E-state index in [1.807, 2.05) is 0 Å². The standard InChI is InChI=1S/C10H16N5O13P3.C9H10N5O6P.H4O7P2/c11-8-5-9(13-2-12-8)15(3-14-5)10-7(17)6(16)4(26-10)1-25-30(21,22)28-31(23,24)27-29(18,19)20;10-6-3-7(12-1-11-6)14(2-13-3)8-4(15)5-9(18-8)20-21(16,17)19-5;1-8(2,3)7-9(4,5)6/h2-4,6-7,10,16-17H,1H2,(H,21,22)(H,23,24)(H2,11,12,13)(H2,18,19,20);1-2,4-5,8-9,15H,(H,16,17)(H2,10,11,12);(H2,1,2,3)(H2,4,5,6)/p-6/t4-,6+,7?,10-;4?,5-,8-,9-;/m11./s1. The number of ether oxygens (including phenoxy) is 2. The molecule has 4 aromatic heterocycles. The molecule has 0 bridgehead atoms. The highest BCUT2D eigenvalue weighted by molar-refractivity contribution is 7.65. The number of hydrogen-bond acceptors (Lipinski definition) is 31. The molecule has 0 saturated carbocycles. The first kappa shape index (κ1) is 49.3. The SMILES string of the molecule is Nc1ncnc2c1ncn2[C@@H]1O[C@@H]2OP(=O)([O-])O[C@@H]2C1O.Nc1ncnc2c1ncn2[C@@H]1O[C@H](COP(=O)([O-])OP(=O)([O-])OP(=O)([O-])O)[C@H](O)C1O.O=P([O-])(O)OP(=O)([O-])O. The molecule has 7 rings (SSSR count). The van der Waals surface area contributed by atoms with Crippen LogP contribution in [-0.2, 0) is 63.4 Å². The van der Waals surface area contributed by atoms with Crippen LogP contribution in [0.1, 0.15) is 12.5 Å². The molecule has 3 fully saturated rings. The number of nitrogens with two attached hydrogens (primary N) is 2. The molecular formula is C19H24N10O26P6-6. The van der Waals surface area contributed by atoms with Gasteiger partial charge in [0, 0.05) is 0 Å². The van der Waals surface area contributed by atoms with Crippen LogP contribution in [0.25, 0.3) is 22.3 Å². The number of anilines is 2. The number of phosphoric acid groups is 6. The average Bonchev–Trinajstić information content (AvgIpc) is 3.88. The molecule has 0 aliphatic carbocycles. The number of aromatic nitrogens is 8. The number of phosphoric ester groups is 2. The maximum atomic E-state index is 11.6. The Hall–Kier alpha value is -2.72. The average molecular weight is 994 g/mol. The Kier molecular flexibility index (Phi) is 14.6. The van der Waals surface area contributed by atoms with Gasteiger partial charge in [-0.25, -0.2) is 42.8 Å². The van der Waals surface area contributed by atoms with Gasteiger partial charge in [-0.1, -0.05) is 0 Å². The van der Waals surface area contributed by atoms with Crippen LogP contribution in [0, 0.1) is 0 Å². The van der Waals surface area contributed by atoms with Crippen molar-refractivity contribution in [2.24, 2.45) is 0 Å². The van der Waals surface area contributed by atoms with Crippen LogP contribution in [0.5, 0.6) is 0 Å². The zero-order valence-electron chi connectivity index (χ0n) is 28.9. The molecule has 0 spiro atoms. The minimum absolute atomic E-state index is 0.0240. The summed E-state index contributed by atoms with van der Waals surface area (Å²) in [5.74, 6) is 0.207. The molecule has 0 amide bonds. The van der Waals surface area contributed by atoms with Crippen LogP contribution in [-0.4, -0.2) is 112 Å². The van der Waals surface area contributed by atoms with Gasteiger partial charge in [0.2, 0.25) is 0 Å². The molecule has 10 N–H and O–H groups in total.